The molecule has 15 heavy (non-hydrogen) atoms. The van der Waals surface area contributed by atoms with Gasteiger partial charge in [0, 0.05) is 11.4 Å². The number of hydrogen-bond donors (Lipinski definition) is 1. The lowest BCUT2D eigenvalue weighted by Gasteiger charge is -1.99. The van der Waals surface area contributed by atoms with Gasteiger partial charge in [0.15, 0.2) is 5.82 Å². The first-order valence-corrected chi connectivity index (χ1v) is 5.46. The summed E-state index contributed by atoms with van der Waals surface area (Å²) < 4.78 is 4.63. The molecule has 1 N–H and O–H groups in total. The highest BCUT2D eigenvalue weighted by Gasteiger charge is 2.04. The predicted molar refractivity (Wildman–Crippen MR) is 56.4 cm³/mol. The van der Waals surface area contributed by atoms with Crippen molar-refractivity contribution in [3.8, 4) is 0 Å². The van der Waals surface area contributed by atoms with Gasteiger partial charge in [0.1, 0.15) is 0 Å². The summed E-state index contributed by atoms with van der Waals surface area (Å²) in [5, 5.41) is 8.06. The van der Waals surface area contributed by atoms with Crippen LogP contribution in [0, 0.1) is 13.8 Å². The van der Waals surface area contributed by atoms with Crippen LogP contribution < -0.4 is 5.32 Å². The number of aromatic nitrogens is 3. The number of hydrogen-bond acceptors (Lipinski definition) is 6. The molecule has 0 radical (unpaired) electrons. The van der Waals surface area contributed by atoms with Gasteiger partial charge in [-0.1, -0.05) is 5.16 Å². The Kier molecular flexibility index (Phi) is 3.08. The van der Waals surface area contributed by atoms with Gasteiger partial charge >= 0.3 is 0 Å². The minimum absolute atomic E-state index is 0.618. The van der Waals surface area contributed by atoms with E-state index in [9.17, 15) is 0 Å². The lowest BCUT2D eigenvalue weighted by Crippen LogP contribution is -2.13. The Morgan fingerprint density at radius 3 is 2.87 bits per heavy atom. The maximum absolute atomic E-state index is 4.63. The highest BCUT2D eigenvalue weighted by molar-refractivity contribution is 7.11. The number of aryl methyl sites for hydroxylation is 2. The van der Waals surface area contributed by atoms with Crippen molar-refractivity contribution in [3.05, 3.63) is 27.8 Å². The van der Waals surface area contributed by atoms with E-state index in [4.69, 9.17) is 0 Å². The van der Waals surface area contributed by atoms with Crippen molar-refractivity contribution in [1.29, 1.82) is 0 Å². The molecule has 0 amide bonds. The highest BCUT2D eigenvalue weighted by Crippen LogP contribution is 2.16. The molecule has 0 saturated heterocycles. The number of rotatable bonds is 4. The molecule has 0 fully saturated rings. The summed E-state index contributed by atoms with van der Waals surface area (Å²) in [6, 6.07) is 0. The molecule has 0 aliphatic rings. The Balaban J connectivity index is 1.86. The molecule has 0 atom stereocenters. The number of thiazole rings is 1. The standard InChI is InChI=1S/C9H12N4OS/c1-6-8(15-7(2)12-6)3-10-4-9-11-5-14-13-9/h5,10H,3-4H2,1-2H3. The molecule has 0 aliphatic heterocycles. The lowest BCUT2D eigenvalue weighted by atomic mass is 10.4. The Bertz CT molecular complexity index is 423. The second-order valence-corrected chi connectivity index (χ2v) is 4.48. The fraction of sp³-hybridized carbons (Fsp3) is 0.444. The Hall–Kier alpha value is -1.27. The van der Waals surface area contributed by atoms with Crippen LogP contribution in [0.1, 0.15) is 21.4 Å². The van der Waals surface area contributed by atoms with Crippen LogP contribution in [-0.4, -0.2) is 15.1 Å². The molecule has 0 spiro atoms. The van der Waals surface area contributed by atoms with Crippen LogP contribution in [0.5, 0.6) is 0 Å². The number of nitrogens with one attached hydrogen (secondary N) is 1. The van der Waals surface area contributed by atoms with Gasteiger partial charge in [-0.25, -0.2) is 4.98 Å². The zero-order chi connectivity index (χ0) is 10.7. The molecular formula is C9H12N4OS. The topological polar surface area (TPSA) is 63.8 Å². The van der Waals surface area contributed by atoms with E-state index in [1.165, 1.54) is 11.3 Å². The molecule has 0 bridgehead atoms. The van der Waals surface area contributed by atoms with Gasteiger partial charge < -0.3 is 9.84 Å². The van der Waals surface area contributed by atoms with Crippen molar-refractivity contribution >= 4 is 11.3 Å². The second-order valence-electron chi connectivity index (χ2n) is 3.19. The van der Waals surface area contributed by atoms with Gasteiger partial charge in [0.05, 0.1) is 17.2 Å². The number of nitrogens with zero attached hydrogens (tertiary/aromatic N) is 3. The second kappa shape index (κ2) is 4.50. The average Bonchev–Trinajstić information content (AvgIpc) is 2.77. The maximum Gasteiger partial charge on any atom is 0.213 e. The van der Waals surface area contributed by atoms with Crippen LogP contribution >= 0.6 is 11.3 Å². The molecule has 6 heteroatoms. The SMILES string of the molecule is Cc1nc(C)c(CNCc2ncon2)s1. The summed E-state index contributed by atoms with van der Waals surface area (Å²) >= 11 is 1.71. The smallest absolute Gasteiger partial charge is 0.213 e. The summed E-state index contributed by atoms with van der Waals surface area (Å²) in [4.78, 5) is 9.54. The van der Waals surface area contributed by atoms with Gasteiger partial charge in [-0.3, -0.25) is 0 Å². The summed E-state index contributed by atoms with van der Waals surface area (Å²) in [6.45, 7) is 5.45. The first-order chi connectivity index (χ1) is 7.25. The first kappa shape index (κ1) is 10.3. The van der Waals surface area contributed by atoms with Crippen molar-refractivity contribution in [1.82, 2.24) is 20.4 Å². The van der Waals surface area contributed by atoms with Gasteiger partial charge in [-0.15, -0.1) is 11.3 Å². The Morgan fingerprint density at radius 1 is 1.40 bits per heavy atom. The fourth-order valence-electron chi connectivity index (χ4n) is 1.30. The van der Waals surface area contributed by atoms with E-state index >= 15 is 0 Å². The minimum atomic E-state index is 0.618. The lowest BCUT2D eigenvalue weighted by molar-refractivity contribution is 0.407. The average molecular weight is 224 g/mol. The summed E-state index contributed by atoms with van der Waals surface area (Å²) in [7, 11) is 0. The van der Waals surface area contributed by atoms with Gasteiger partial charge in [0.25, 0.3) is 0 Å². The van der Waals surface area contributed by atoms with Crippen molar-refractivity contribution < 1.29 is 4.52 Å². The summed E-state index contributed by atoms with van der Waals surface area (Å²) in [6.07, 6.45) is 1.33. The molecule has 2 rings (SSSR count). The zero-order valence-corrected chi connectivity index (χ0v) is 9.47. The molecule has 5 nitrogen and oxygen atoms in total. The molecule has 2 aromatic rings. The van der Waals surface area contributed by atoms with Crippen molar-refractivity contribution in [3.63, 3.8) is 0 Å². The molecular weight excluding hydrogens is 212 g/mol. The van der Waals surface area contributed by atoms with Crippen LogP contribution in [-0.2, 0) is 13.1 Å². The van der Waals surface area contributed by atoms with E-state index in [2.05, 4.69) is 25.0 Å². The van der Waals surface area contributed by atoms with Crippen molar-refractivity contribution in [2.75, 3.05) is 0 Å². The summed E-state index contributed by atoms with van der Waals surface area (Å²) in [5.74, 6) is 0.675. The third-order valence-electron chi connectivity index (χ3n) is 1.98. The summed E-state index contributed by atoms with van der Waals surface area (Å²) in [5.41, 5.74) is 1.10. The highest BCUT2D eigenvalue weighted by atomic mass is 32.1. The predicted octanol–water partition coefficient (Wildman–Crippen LogP) is 1.43. The van der Waals surface area contributed by atoms with E-state index in [1.54, 1.807) is 11.3 Å². The Labute approximate surface area is 91.5 Å². The van der Waals surface area contributed by atoms with Gasteiger partial charge in [-0.2, -0.15) is 4.98 Å². The minimum Gasteiger partial charge on any atom is -0.343 e. The monoisotopic (exact) mass is 224 g/mol. The van der Waals surface area contributed by atoms with E-state index in [0.717, 1.165) is 17.2 Å². The van der Waals surface area contributed by atoms with Crippen LogP contribution in [0.2, 0.25) is 0 Å². The van der Waals surface area contributed by atoms with E-state index in [1.807, 2.05) is 13.8 Å². The van der Waals surface area contributed by atoms with Gasteiger partial charge in [0.2, 0.25) is 6.39 Å². The first-order valence-electron chi connectivity index (χ1n) is 4.64. The molecule has 80 valence electrons. The van der Waals surface area contributed by atoms with Gasteiger partial charge in [-0.05, 0) is 13.8 Å². The van der Waals surface area contributed by atoms with E-state index < -0.39 is 0 Å². The van der Waals surface area contributed by atoms with Crippen LogP contribution in [0.3, 0.4) is 0 Å². The van der Waals surface area contributed by atoms with E-state index in [-0.39, 0.29) is 0 Å². The molecule has 0 aliphatic carbocycles. The van der Waals surface area contributed by atoms with Crippen LogP contribution in [0.4, 0.5) is 0 Å². The maximum atomic E-state index is 4.63. The molecule has 0 unspecified atom stereocenters. The normalized spacial score (nSPS) is 10.8. The third kappa shape index (κ3) is 2.60. The van der Waals surface area contributed by atoms with Crippen molar-refractivity contribution in [2.24, 2.45) is 0 Å². The fourth-order valence-corrected chi connectivity index (χ4v) is 2.20. The molecule has 2 heterocycles. The zero-order valence-electron chi connectivity index (χ0n) is 8.65. The third-order valence-corrected chi connectivity index (χ3v) is 3.05. The van der Waals surface area contributed by atoms with E-state index in [0.29, 0.717) is 12.4 Å². The van der Waals surface area contributed by atoms with Crippen LogP contribution in [0.15, 0.2) is 10.9 Å². The molecule has 0 saturated carbocycles. The van der Waals surface area contributed by atoms with Crippen molar-refractivity contribution in [2.45, 2.75) is 26.9 Å². The Morgan fingerprint density at radius 2 is 2.27 bits per heavy atom. The molecule has 2 aromatic heterocycles. The molecule has 0 aromatic carbocycles. The van der Waals surface area contributed by atoms with Crippen LogP contribution in [0.25, 0.3) is 0 Å². The quantitative estimate of drug-likeness (QED) is 0.851. The largest absolute Gasteiger partial charge is 0.343 e.